The number of carbonyl (C=O) groups is 1. The Morgan fingerprint density at radius 2 is 2.12 bits per heavy atom. The number of pyridine rings is 1. The molecular weight excluding hydrogens is 433 g/mol. The average Bonchev–Trinajstić information content (AvgIpc) is 3.53. The number of rotatable bonds is 7. The highest BCUT2D eigenvalue weighted by Crippen LogP contribution is 2.32. The SMILES string of the molecule is CC(C)c1cnc(-c2cc(Cl)ccc2F)nc1Nc1ccncc1C(=O)NC1CC1CO. The minimum absolute atomic E-state index is 0.0387. The van der Waals surface area contributed by atoms with Crippen molar-refractivity contribution in [2.24, 2.45) is 5.92 Å². The van der Waals surface area contributed by atoms with Crippen LogP contribution in [0.4, 0.5) is 15.9 Å². The molecule has 2 unspecified atom stereocenters. The summed E-state index contributed by atoms with van der Waals surface area (Å²) in [6.45, 7) is 4.03. The first-order valence-corrected chi connectivity index (χ1v) is 10.7. The van der Waals surface area contributed by atoms with Crippen LogP contribution in [0.5, 0.6) is 0 Å². The molecular formula is C23H23ClFN5O2. The number of amides is 1. The first kappa shape index (κ1) is 22.1. The maximum Gasteiger partial charge on any atom is 0.255 e. The number of halogens is 2. The van der Waals surface area contributed by atoms with E-state index in [1.54, 1.807) is 18.5 Å². The summed E-state index contributed by atoms with van der Waals surface area (Å²) >= 11 is 6.04. The number of aromatic nitrogens is 3. The third-order valence-corrected chi connectivity index (χ3v) is 5.64. The predicted octanol–water partition coefficient (Wildman–Crippen LogP) is 4.31. The zero-order valence-corrected chi connectivity index (χ0v) is 18.4. The van der Waals surface area contributed by atoms with E-state index in [9.17, 15) is 14.3 Å². The lowest BCUT2D eigenvalue weighted by Gasteiger charge is -2.17. The number of anilines is 2. The summed E-state index contributed by atoms with van der Waals surface area (Å²) in [5, 5.41) is 15.7. The summed E-state index contributed by atoms with van der Waals surface area (Å²) in [5.74, 6) is 0.0422. The van der Waals surface area contributed by atoms with Gasteiger partial charge in [-0.25, -0.2) is 14.4 Å². The van der Waals surface area contributed by atoms with Crippen molar-refractivity contribution in [3.63, 3.8) is 0 Å². The molecule has 1 saturated carbocycles. The molecule has 0 saturated heterocycles. The van der Waals surface area contributed by atoms with Crippen molar-refractivity contribution in [1.29, 1.82) is 0 Å². The van der Waals surface area contributed by atoms with E-state index in [0.717, 1.165) is 12.0 Å². The van der Waals surface area contributed by atoms with Crippen LogP contribution in [0, 0.1) is 11.7 Å². The molecule has 1 fully saturated rings. The van der Waals surface area contributed by atoms with E-state index in [1.165, 1.54) is 24.4 Å². The normalized spacial score (nSPS) is 17.3. The lowest BCUT2D eigenvalue weighted by molar-refractivity contribution is 0.0948. The molecule has 1 aliphatic rings. The van der Waals surface area contributed by atoms with Gasteiger partial charge in [0.25, 0.3) is 5.91 Å². The second kappa shape index (κ2) is 9.18. The van der Waals surface area contributed by atoms with Crippen molar-refractivity contribution in [2.45, 2.75) is 32.2 Å². The van der Waals surface area contributed by atoms with Gasteiger partial charge in [-0.15, -0.1) is 0 Å². The van der Waals surface area contributed by atoms with Crippen LogP contribution in [-0.2, 0) is 0 Å². The maximum atomic E-state index is 14.4. The van der Waals surface area contributed by atoms with Gasteiger partial charge in [0.15, 0.2) is 5.82 Å². The van der Waals surface area contributed by atoms with Gasteiger partial charge in [0.2, 0.25) is 0 Å². The van der Waals surface area contributed by atoms with Crippen molar-refractivity contribution in [1.82, 2.24) is 20.3 Å². The van der Waals surface area contributed by atoms with Crippen molar-refractivity contribution < 1.29 is 14.3 Å². The van der Waals surface area contributed by atoms with Crippen LogP contribution in [0.3, 0.4) is 0 Å². The van der Waals surface area contributed by atoms with Crippen LogP contribution in [0.25, 0.3) is 11.4 Å². The van der Waals surface area contributed by atoms with Crippen LogP contribution in [0.1, 0.15) is 42.1 Å². The fourth-order valence-electron chi connectivity index (χ4n) is 3.40. The molecule has 0 bridgehead atoms. The quantitative estimate of drug-likeness (QED) is 0.491. The number of hydrogen-bond acceptors (Lipinski definition) is 6. The summed E-state index contributed by atoms with van der Waals surface area (Å²) in [5.41, 5.74) is 1.85. The Labute approximate surface area is 190 Å². The van der Waals surface area contributed by atoms with Gasteiger partial charge in [-0.1, -0.05) is 25.4 Å². The smallest absolute Gasteiger partial charge is 0.255 e. The van der Waals surface area contributed by atoms with Gasteiger partial charge in [0.1, 0.15) is 11.6 Å². The third kappa shape index (κ3) is 4.71. The molecule has 9 heteroatoms. The molecule has 32 heavy (non-hydrogen) atoms. The molecule has 3 aromatic rings. The lowest BCUT2D eigenvalue weighted by Crippen LogP contribution is -2.28. The number of hydrogen-bond donors (Lipinski definition) is 3. The number of carbonyl (C=O) groups excluding carboxylic acids is 1. The summed E-state index contributed by atoms with van der Waals surface area (Å²) in [4.78, 5) is 25.7. The zero-order chi connectivity index (χ0) is 22.8. The van der Waals surface area contributed by atoms with Gasteiger partial charge in [0, 0.05) is 47.7 Å². The summed E-state index contributed by atoms with van der Waals surface area (Å²) < 4.78 is 14.4. The molecule has 2 atom stereocenters. The Hall–Kier alpha value is -3.10. The van der Waals surface area contributed by atoms with Gasteiger partial charge in [-0.2, -0.15) is 0 Å². The van der Waals surface area contributed by atoms with E-state index in [1.807, 2.05) is 13.8 Å². The highest BCUT2D eigenvalue weighted by atomic mass is 35.5. The number of aliphatic hydroxyl groups excluding tert-OH is 1. The minimum Gasteiger partial charge on any atom is -0.396 e. The number of aliphatic hydroxyl groups is 1. The van der Waals surface area contributed by atoms with Gasteiger partial charge >= 0.3 is 0 Å². The molecule has 0 radical (unpaired) electrons. The second-order valence-electron chi connectivity index (χ2n) is 8.08. The monoisotopic (exact) mass is 455 g/mol. The fraction of sp³-hybridized carbons (Fsp3) is 0.304. The third-order valence-electron chi connectivity index (χ3n) is 5.40. The molecule has 1 aromatic carbocycles. The molecule has 0 spiro atoms. The van der Waals surface area contributed by atoms with Crippen molar-refractivity contribution >= 4 is 29.0 Å². The van der Waals surface area contributed by atoms with Crippen LogP contribution >= 0.6 is 11.6 Å². The molecule has 1 aliphatic carbocycles. The molecule has 7 nitrogen and oxygen atoms in total. The van der Waals surface area contributed by atoms with Crippen LogP contribution in [0.15, 0.2) is 42.9 Å². The standard InChI is InChI=1S/C23H23ClFN5O2/c1-12(2)16-10-27-21(15-8-14(24)3-4-18(15)25)30-22(16)28-19-5-6-26-9-17(19)23(32)29-20-7-13(20)11-31/h3-6,8-10,12-13,20,31H,7,11H2,1-2H3,(H,29,32)(H,26,27,28,30). The number of benzene rings is 1. The van der Waals surface area contributed by atoms with E-state index >= 15 is 0 Å². The zero-order valence-electron chi connectivity index (χ0n) is 17.6. The van der Waals surface area contributed by atoms with Gasteiger partial charge in [0.05, 0.1) is 16.8 Å². The molecule has 166 valence electrons. The average molecular weight is 456 g/mol. The second-order valence-corrected chi connectivity index (χ2v) is 8.52. The lowest BCUT2D eigenvalue weighted by atomic mass is 10.1. The highest BCUT2D eigenvalue weighted by Gasteiger charge is 2.38. The number of nitrogens with zero attached hydrogens (tertiary/aromatic N) is 3. The summed E-state index contributed by atoms with van der Waals surface area (Å²) in [7, 11) is 0. The first-order chi connectivity index (χ1) is 15.4. The Kier molecular flexibility index (Phi) is 6.34. The van der Waals surface area contributed by atoms with Crippen LogP contribution in [0.2, 0.25) is 5.02 Å². The Morgan fingerprint density at radius 3 is 2.84 bits per heavy atom. The molecule has 0 aliphatic heterocycles. The van der Waals surface area contributed by atoms with Crippen molar-refractivity contribution in [3.05, 3.63) is 64.8 Å². The van der Waals surface area contributed by atoms with Crippen LogP contribution < -0.4 is 10.6 Å². The Bertz CT molecular complexity index is 1160. The van der Waals surface area contributed by atoms with Gasteiger partial charge < -0.3 is 15.7 Å². The largest absolute Gasteiger partial charge is 0.396 e. The van der Waals surface area contributed by atoms with E-state index in [-0.39, 0.29) is 41.8 Å². The first-order valence-electron chi connectivity index (χ1n) is 10.3. The van der Waals surface area contributed by atoms with Gasteiger partial charge in [-0.05, 0) is 36.6 Å². The van der Waals surface area contributed by atoms with E-state index < -0.39 is 5.82 Å². The summed E-state index contributed by atoms with van der Waals surface area (Å²) in [6, 6.07) is 5.85. The molecule has 2 aromatic heterocycles. The Balaban J connectivity index is 1.68. The molecule has 1 amide bonds. The van der Waals surface area contributed by atoms with Crippen molar-refractivity contribution in [3.8, 4) is 11.4 Å². The maximum absolute atomic E-state index is 14.4. The fourth-order valence-corrected chi connectivity index (χ4v) is 3.57. The van der Waals surface area contributed by atoms with Crippen molar-refractivity contribution in [2.75, 3.05) is 11.9 Å². The topological polar surface area (TPSA) is 100 Å². The van der Waals surface area contributed by atoms with E-state index in [2.05, 4.69) is 25.6 Å². The van der Waals surface area contributed by atoms with E-state index in [0.29, 0.717) is 22.1 Å². The highest BCUT2D eigenvalue weighted by molar-refractivity contribution is 6.30. The molecule has 2 heterocycles. The molecule has 3 N–H and O–H groups in total. The number of nitrogens with one attached hydrogen (secondary N) is 2. The Morgan fingerprint density at radius 1 is 1.31 bits per heavy atom. The minimum atomic E-state index is -0.482. The van der Waals surface area contributed by atoms with E-state index in [4.69, 9.17) is 11.6 Å². The summed E-state index contributed by atoms with van der Waals surface area (Å²) in [6.07, 6.45) is 5.44. The van der Waals surface area contributed by atoms with Crippen LogP contribution in [-0.4, -0.2) is 38.6 Å². The molecule has 4 rings (SSSR count). The predicted molar refractivity (Wildman–Crippen MR) is 120 cm³/mol. The van der Waals surface area contributed by atoms with Gasteiger partial charge in [-0.3, -0.25) is 9.78 Å².